The summed E-state index contributed by atoms with van der Waals surface area (Å²) in [7, 11) is 0. The van der Waals surface area contributed by atoms with Crippen molar-refractivity contribution in [3.05, 3.63) is 30.1 Å². The Morgan fingerprint density at radius 3 is 2.76 bits per heavy atom. The van der Waals surface area contributed by atoms with E-state index >= 15 is 0 Å². The number of nitrogens with two attached hydrogens (primary N) is 1. The van der Waals surface area contributed by atoms with Crippen molar-refractivity contribution in [1.29, 1.82) is 0 Å². The van der Waals surface area contributed by atoms with Crippen LogP contribution in [0, 0.1) is 11.8 Å². The standard InChI is InChI=1S/C18H29N3/c1-2-21(13-17-7-3-4-11-20-17)18(14-19)10-5-6-16(12-18)15-8-9-15/h3-4,7,11,15-16H,2,5-6,8-10,12-14,19H2,1H3. The summed E-state index contributed by atoms with van der Waals surface area (Å²) in [4.78, 5) is 7.11. The molecule has 2 aliphatic rings. The maximum Gasteiger partial charge on any atom is 0.0544 e. The summed E-state index contributed by atoms with van der Waals surface area (Å²) in [6, 6.07) is 6.20. The fraction of sp³-hybridized carbons (Fsp3) is 0.722. The van der Waals surface area contributed by atoms with Crippen molar-refractivity contribution in [2.45, 2.75) is 57.5 Å². The number of likely N-dealkylation sites (N-methyl/N-ethyl adjacent to an activating group) is 1. The maximum atomic E-state index is 6.29. The molecular weight excluding hydrogens is 258 g/mol. The molecule has 2 atom stereocenters. The molecule has 2 saturated carbocycles. The van der Waals surface area contributed by atoms with Crippen LogP contribution in [0.15, 0.2) is 24.4 Å². The van der Waals surface area contributed by atoms with Gasteiger partial charge in [-0.15, -0.1) is 0 Å². The molecule has 116 valence electrons. The lowest BCUT2D eigenvalue weighted by Crippen LogP contribution is -2.56. The van der Waals surface area contributed by atoms with Crippen LogP contribution in [0.4, 0.5) is 0 Å². The fourth-order valence-electron chi connectivity index (χ4n) is 4.26. The molecule has 21 heavy (non-hydrogen) atoms. The summed E-state index contributed by atoms with van der Waals surface area (Å²) >= 11 is 0. The number of hydrogen-bond donors (Lipinski definition) is 1. The molecule has 2 aliphatic carbocycles. The summed E-state index contributed by atoms with van der Waals surface area (Å²) in [5.41, 5.74) is 7.66. The van der Waals surface area contributed by atoms with E-state index < -0.39 is 0 Å². The largest absolute Gasteiger partial charge is 0.329 e. The van der Waals surface area contributed by atoms with Gasteiger partial charge in [0, 0.05) is 24.8 Å². The highest BCUT2D eigenvalue weighted by Gasteiger charge is 2.44. The maximum absolute atomic E-state index is 6.29. The highest BCUT2D eigenvalue weighted by Crippen LogP contribution is 2.48. The van der Waals surface area contributed by atoms with Gasteiger partial charge in [0.05, 0.1) is 5.69 Å². The van der Waals surface area contributed by atoms with Gasteiger partial charge in [-0.3, -0.25) is 9.88 Å². The van der Waals surface area contributed by atoms with Crippen LogP contribution in [-0.4, -0.2) is 28.5 Å². The molecule has 2 N–H and O–H groups in total. The van der Waals surface area contributed by atoms with Gasteiger partial charge in [0.2, 0.25) is 0 Å². The molecule has 3 nitrogen and oxygen atoms in total. The van der Waals surface area contributed by atoms with Crippen molar-refractivity contribution >= 4 is 0 Å². The van der Waals surface area contributed by atoms with E-state index in [4.69, 9.17) is 5.73 Å². The van der Waals surface area contributed by atoms with Gasteiger partial charge < -0.3 is 5.73 Å². The van der Waals surface area contributed by atoms with Crippen LogP contribution in [0.3, 0.4) is 0 Å². The predicted octanol–water partition coefficient (Wildman–Crippen LogP) is 3.20. The Kier molecular flexibility index (Phi) is 4.60. The first-order chi connectivity index (χ1) is 10.3. The van der Waals surface area contributed by atoms with E-state index in [1.807, 2.05) is 12.3 Å². The number of nitrogens with zero attached hydrogens (tertiary/aromatic N) is 2. The van der Waals surface area contributed by atoms with Crippen LogP contribution in [-0.2, 0) is 6.54 Å². The molecule has 1 heterocycles. The Bertz CT molecular complexity index is 443. The quantitative estimate of drug-likeness (QED) is 0.873. The molecule has 3 heteroatoms. The van der Waals surface area contributed by atoms with E-state index in [-0.39, 0.29) is 5.54 Å². The summed E-state index contributed by atoms with van der Waals surface area (Å²) in [6.45, 7) is 5.05. The number of hydrogen-bond acceptors (Lipinski definition) is 3. The Labute approximate surface area is 128 Å². The molecule has 0 radical (unpaired) electrons. The molecule has 1 aromatic rings. The van der Waals surface area contributed by atoms with Gasteiger partial charge in [0.25, 0.3) is 0 Å². The Balaban J connectivity index is 1.75. The van der Waals surface area contributed by atoms with Crippen molar-refractivity contribution < 1.29 is 0 Å². The second-order valence-corrected chi connectivity index (χ2v) is 6.96. The van der Waals surface area contributed by atoms with Gasteiger partial charge in [-0.25, -0.2) is 0 Å². The minimum atomic E-state index is 0.206. The summed E-state index contributed by atoms with van der Waals surface area (Å²) in [6.07, 6.45) is 10.1. The van der Waals surface area contributed by atoms with Crippen LogP contribution in [0.2, 0.25) is 0 Å². The average molecular weight is 287 g/mol. The van der Waals surface area contributed by atoms with Gasteiger partial charge in [0.15, 0.2) is 0 Å². The lowest BCUT2D eigenvalue weighted by molar-refractivity contribution is 0.0275. The van der Waals surface area contributed by atoms with Crippen LogP contribution in [0.25, 0.3) is 0 Å². The number of aromatic nitrogens is 1. The topological polar surface area (TPSA) is 42.2 Å². The third-order valence-corrected chi connectivity index (χ3v) is 5.66. The zero-order valence-corrected chi connectivity index (χ0v) is 13.3. The first-order valence-electron chi connectivity index (χ1n) is 8.62. The van der Waals surface area contributed by atoms with Gasteiger partial charge in [-0.05, 0) is 56.2 Å². The lowest BCUT2D eigenvalue weighted by Gasteiger charge is -2.48. The second kappa shape index (κ2) is 6.45. The molecule has 2 fully saturated rings. The van der Waals surface area contributed by atoms with E-state index in [1.54, 1.807) is 0 Å². The molecule has 1 aromatic heterocycles. The van der Waals surface area contributed by atoms with E-state index in [0.29, 0.717) is 0 Å². The van der Waals surface area contributed by atoms with Gasteiger partial charge in [-0.1, -0.05) is 25.8 Å². The van der Waals surface area contributed by atoms with Crippen molar-refractivity contribution in [1.82, 2.24) is 9.88 Å². The van der Waals surface area contributed by atoms with E-state index in [2.05, 4.69) is 28.9 Å². The average Bonchev–Trinajstić information content (AvgIpc) is 3.38. The van der Waals surface area contributed by atoms with Crippen molar-refractivity contribution in [2.75, 3.05) is 13.1 Å². The third kappa shape index (κ3) is 3.29. The molecule has 0 amide bonds. The first-order valence-corrected chi connectivity index (χ1v) is 8.62. The van der Waals surface area contributed by atoms with E-state index in [9.17, 15) is 0 Å². The van der Waals surface area contributed by atoms with Crippen molar-refractivity contribution in [2.24, 2.45) is 17.6 Å². The molecule has 2 unspecified atom stereocenters. The third-order valence-electron chi connectivity index (χ3n) is 5.66. The zero-order valence-electron chi connectivity index (χ0n) is 13.3. The lowest BCUT2D eigenvalue weighted by atomic mass is 9.72. The Morgan fingerprint density at radius 2 is 2.14 bits per heavy atom. The summed E-state index contributed by atoms with van der Waals surface area (Å²) in [5.74, 6) is 1.92. The fourth-order valence-corrected chi connectivity index (χ4v) is 4.26. The zero-order chi connectivity index (χ0) is 14.7. The minimum Gasteiger partial charge on any atom is -0.329 e. The molecule has 0 saturated heterocycles. The predicted molar refractivity (Wildman–Crippen MR) is 86.8 cm³/mol. The summed E-state index contributed by atoms with van der Waals surface area (Å²) in [5, 5.41) is 0. The van der Waals surface area contributed by atoms with Gasteiger partial charge in [-0.2, -0.15) is 0 Å². The van der Waals surface area contributed by atoms with Gasteiger partial charge >= 0.3 is 0 Å². The van der Waals surface area contributed by atoms with E-state index in [1.165, 1.54) is 44.2 Å². The molecule has 0 spiro atoms. The SMILES string of the molecule is CCN(Cc1ccccn1)C1(CN)CCCC(C2CC2)C1. The highest BCUT2D eigenvalue weighted by molar-refractivity contribution is 5.06. The van der Waals surface area contributed by atoms with Crippen LogP contribution in [0.5, 0.6) is 0 Å². The second-order valence-electron chi connectivity index (χ2n) is 6.96. The molecular formula is C18H29N3. The molecule has 3 rings (SSSR count). The number of rotatable bonds is 6. The van der Waals surface area contributed by atoms with E-state index in [0.717, 1.165) is 31.5 Å². The van der Waals surface area contributed by atoms with Crippen LogP contribution < -0.4 is 5.73 Å². The summed E-state index contributed by atoms with van der Waals surface area (Å²) < 4.78 is 0. The molecule has 0 aromatic carbocycles. The monoisotopic (exact) mass is 287 g/mol. The smallest absolute Gasteiger partial charge is 0.0544 e. The first kappa shape index (κ1) is 15.0. The number of pyridine rings is 1. The Morgan fingerprint density at radius 1 is 1.29 bits per heavy atom. The minimum absolute atomic E-state index is 0.206. The normalized spacial score (nSPS) is 29.8. The van der Waals surface area contributed by atoms with Crippen molar-refractivity contribution in [3.8, 4) is 0 Å². The van der Waals surface area contributed by atoms with Crippen LogP contribution >= 0.6 is 0 Å². The van der Waals surface area contributed by atoms with Gasteiger partial charge in [0.1, 0.15) is 0 Å². The van der Waals surface area contributed by atoms with Crippen LogP contribution in [0.1, 0.15) is 51.1 Å². The highest BCUT2D eigenvalue weighted by atomic mass is 15.2. The molecule has 0 aliphatic heterocycles. The molecule has 0 bridgehead atoms. The Hall–Kier alpha value is -0.930. The van der Waals surface area contributed by atoms with Crippen molar-refractivity contribution in [3.63, 3.8) is 0 Å².